The molecule has 4 unspecified atom stereocenters. The Bertz CT molecular complexity index is 2190. The number of dihydropyridines is 1. The summed E-state index contributed by atoms with van der Waals surface area (Å²) in [6.45, 7) is 7.44. The molecule has 15 nitrogen and oxygen atoms in total. The zero-order valence-corrected chi connectivity index (χ0v) is 30.5. The van der Waals surface area contributed by atoms with Gasteiger partial charge in [0.2, 0.25) is 20.0 Å². The van der Waals surface area contributed by atoms with Gasteiger partial charge < -0.3 is 20.1 Å². The van der Waals surface area contributed by atoms with Gasteiger partial charge in [0.1, 0.15) is 20.8 Å². The molecule has 1 fully saturated rings. The second-order valence-electron chi connectivity index (χ2n) is 12.6. The zero-order valence-electron chi connectivity index (χ0n) is 28.1. The summed E-state index contributed by atoms with van der Waals surface area (Å²) in [5, 5.41) is 19.1. The maximum atomic E-state index is 12.7. The van der Waals surface area contributed by atoms with Gasteiger partial charge in [-0.05, 0) is 86.4 Å². The molecule has 0 saturated heterocycles. The van der Waals surface area contributed by atoms with Crippen LogP contribution in [0.15, 0.2) is 79.4 Å². The van der Waals surface area contributed by atoms with Crippen LogP contribution in [-0.4, -0.2) is 58.5 Å². The minimum absolute atomic E-state index is 0.104. The van der Waals surface area contributed by atoms with Crippen LogP contribution in [-0.2, 0) is 39.1 Å². The molecule has 1 saturated carbocycles. The molecule has 7 rings (SSSR count). The standard InChI is InChI=1S/C19H21N3O5.C14H16ClN3O4S2/c1-5-25-18(23)14-10(3)20-11(4)15(19(24)26-6-2)16(14)12-8-7-9-13-17(12)22-27-21-13;15-10-5-11-13(6-12(10)23(16,19)20)24(21,22)18-14(17-11)9-4-7-1-2-8(9)3-7/h7-9,16,20H,5-6H2,1-4H3;1-2,5-9,14,17-18H,3-4H2,(H2,16,19,20). The number of anilines is 1. The molecule has 1 aromatic heterocycles. The average molecular weight is 761 g/mol. The van der Waals surface area contributed by atoms with Gasteiger partial charge in [0.05, 0.1) is 47.2 Å². The lowest BCUT2D eigenvalue weighted by Gasteiger charge is -2.35. The Hall–Kier alpha value is -4.29. The van der Waals surface area contributed by atoms with Crippen molar-refractivity contribution in [1.29, 1.82) is 0 Å². The summed E-state index contributed by atoms with van der Waals surface area (Å²) in [7, 11) is -7.97. The Labute approximate surface area is 299 Å². The monoisotopic (exact) mass is 760 g/mol. The molecule has 2 aromatic carbocycles. The van der Waals surface area contributed by atoms with Gasteiger partial charge in [-0.3, -0.25) is 0 Å². The number of carbonyl (C=O) groups excluding carboxylic acids is 2. The Balaban J connectivity index is 0.000000177. The van der Waals surface area contributed by atoms with E-state index in [1.165, 1.54) is 6.07 Å². The first-order valence-corrected chi connectivity index (χ1v) is 19.6. The number of halogens is 1. The number of allylic oxidation sites excluding steroid dienone is 4. The van der Waals surface area contributed by atoms with Gasteiger partial charge in [-0.1, -0.05) is 35.9 Å². The first-order chi connectivity index (χ1) is 24.1. The van der Waals surface area contributed by atoms with E-state index in [9.17, 15) is 26.4 Å². The lowest BCUT2D eigenvalue weighted by Crippen LogP contribution is -2.50. The van der Waals surface area contributed by atoms with Gasteiger partial charge in [-0.25, -0.2) is 36.2 Å². The van der Waals surface area contributed by atoms with Crippen molar-refractivity contribution in [1.82, 2.24) is 20.4 Å². The number of nitrogens with two attached hydrogens (primary N) is 1. The summed E-state index contributed by atoms with van der Waals surface area (Å²) < 4.78 is 66.3. The van der Waals surface area contributed by atoms with Gasteiger partial charge in [-0.2, -0.15) is 4.72 Å². The second-order valence-corrected chi connectivity index (χ2v) is 16.2. The third kappa shape index (κ3) is 7.00. The number of hydrogen-bond donors (Lipinski definition) is 4. The quantitative estimate of drug-likeness (QED) is 0.199. The summed E-state index contributed by atoms with van der Waals surface area (Å²) in [5.41, 5.74) is 3.82. The third-order valence-corrected chi connectivity index (χ3v) is 12.2. The lowest BCUT2D eigenvalue weighted by atomic mass is 9.80. The van der Waals surface area contributed by atoms with Crippen molar-refractivity contribution < 1.29 is 40.5 Å². The minimum Gasteiger partial charge on any atom is -0.463 e. The molecule has 2 aliphatic heterocycles. The molecule has 2 bridgehead atoms. The molecule has 5 N–H and O–H groups in total. The maximum absolute atomic E-state index is 12.7. The summed E-state index contributed by atoms with van der Waals surface area (Å²) in [4.78, 5) is 24.9. The highest BCUT2D eigenvalue weighted by atomic mass is 35.5. The molecule has 272 valence electrons. The van der Waals surface area contributed by atoms with E-state index in [-0.39, 0.29) is 29.0 Å². The molecule has 4 atom stereocenters. The predicted octanol–water partition coefficient (Wildman–Crippen LogP) is 3.81. The van der Waals surface area contributed by atoms with Crippen LogP contribution in [0.1, 0.15) is 52.0 Å². The van der Waals surface area contributed by atoms with Gasteiger partial charge in [-0.15, -0.1) is 0 Å². The number of esters is 2. The van der Waals surface area contributed by atoms with Crippen LogP contribution in [0.2, 0.25) is 5.02 Å². The number of carbonyl (C=O) groups is 2. The number of sulfonamides is 2. The molecule has 4 aliphatic rings. The van der Waals surface area contributed by atoms with Crippen LogP contribution in [0, 0.1) is 17.8 Å². The fourth-order valence-corrected chi connectivity index (χ4v) is 9.79. The Kier molecular flexibility index (Phi) is 10.0. The summed E-state index contributed by atoms with van der Waals surface area (Å²) in [6, 6.07) is 7.63. The number of primary sulfonamides is 1. The van der Waals surface area contributed by atoms with Crippen LogP contribution >= 0.6 is 11.6 Å². The number of rotatable bonds is 7. The third-order valence-electron chi connectivity index (χ3n) is 9.36. The van der Waals surface area contributed by atoms with E-state index >= 15 is 0 Å². The zero-order chi connectivity index (χ0) is 36.8. The summed E-state index contributed by atoms with van der Waals surface area (Å²) in [5.74, 6) is -0.720. The van der Waals surface area contributed by atoms with Crippen LogP contribution in [0.4, 0.5) is 5.69 Å². The second kappa shape index (κ2) is 14.0. The van der Waals surface area contributed by atoms with Gasteiger partial charge in [0, 0.05) is 17.3 Å². The summed E-state index contributed by atoms with van der Waals surface area (Å²) in [6.07, 6.45) is 5.84. The fraction of sp³-hybridized carbons (Fsp3) is 0.394. The summed E-state index contributed by atoms with van der Waals surface area (Å²) >= 11 is 5.98. The van der Waals surface area contributed by atoms with E-state index < -0.39 is 49.0 Å². The van der Waals surface area contributed by atoms with Crippen LogP contribution in [0.3, 0.4) is 0 Å². The van der Waals surface area contributed by atoms with E-state index in [2.05, 4.69) is 37.8 Å². The highest BCUT2D eigenvalue weighted by Crippen LogP contribution is 2.47. The molecule has 3 heterocycles. The smallest absolute Gasteiger partial charge is 0.336 e. The Morgan fingerprint density at radius 2 is 1.69 bits per heavy atom. The average Bonchev–Trinajstić information content (AvgIpc) is 3.82. The van der Waals surface area contributed by atoms with Crippen molar-refractivity contribution in [3.8, 4) is 0 Å². The molecular weight excluding hydrogens is 724 g/mol. The number of aromatic nitrogens is 2. The van der Waals surface area contributed by atoms with Crippen molar-refractivity contribution in [3.05, 3.63) is 75.6 Å². The van der Waals surface area contributed by atoms with E-state index in [1.807, 2.05) is 0 Å². The number of ether oxygens (including phenoxy) is 2. The fourth-order valence-electron chi connectivity index (χ4n) is 7.24. The number of nitrogens with zero attached hydrogens (tertiary/aromatic N) is 2. The molecule has 51 heavy (non-hydrogen) atoms. The first-order valence-electron chi connectivity index (χ1n) is 16.2. The number of fused-ring (bicyclic) bond motifs is 4. The van der Waals surface area contributed by atoms with Crippen LogP contribution < -0.4 is 20.5 Å². The van der Waals surface area contributed by atoms with E-state index in [0.717, 1.165) is 18.9 Å². The molecule has 3 aromatic rings. The van der Waals surface area contributed by atoms with Crippen LogP contribution in [0.5, 0.6) is 0 Å². The Morgan fingerprint density at radius 1 is 1.02 bits per heavy atom. The lowest BCUT2D eigenvalue weighted by molar-refractivity contribution is -0.139. The van der Waals surface area contributed by atoms with Gasteiger partial charge >= 0.3 is 11.9 Å². The maximum Gasteiger partial charge on any atom is 0.336 e. The molecule has 0 amide bonds. The predicted molar refractivity (Wildman–Crippen MR) is 186 cm³/mol. The molecule has 0 spiro atoms. The normalized spacial score (nSPS) is 23.6. The topological polar surface area (TPSA) is 222 Å². The van der Waals surface area contributed by atoms with Crippen molar-refractivity contribution in [2.24, 2.45) is 22.9 Å². The van der Waals surface area contributed by atoms with Crippen molar-refractivity contribution >= 4 is 60.3 Å². The van der Waals surface area contributed by atoms with E-state index in [4.69, 9.17) is 30.8 Å². The highest BCUT2D eigenvalue weighted by molar-refractivity contribution is 7.90. The van der Waals surface area contributed by atoms with E-state index in [0.29, 0.717) is 56.7 Å². The minimum atomic E-state index is -4.11. The highest BCUT2D eigenvalue weighted by Gasteiger charge is 2.44. The number of benzene rings is 2. The van der Waals surface area contributed by atoms with E-state index in [1.54, 1.807) is 45.9 Å². The van der Waals surface area contributed by atoms with Crippen LogP contribution in [0.25, 0.3) is 11.0 Å². The number of hydrogen-bond acceptors (Lipinski definition) is 13. The SMILES string of the molecule is CCOC(=O)C1=C(C)NC(C)=C(C(=O)OCC)C1c1cccc2nonc12.NS(=O)(=O)c1cc2c(cc1Cl)NC(C1CC3C=CC1C3)NS2(=O)=O. The number of nitrogens with one attached hydrogen (secondary N) is 3. The van der Waals surface area contributed by atoms with Crippen molar-refractivity contribution in [2.45, 2.75) is 62.4 Å². The largest absolute Gasteiger partial charge is 0.463 e. The first kappa shape index (κ1) is 36.5. The molecular formula is C33H37ClN6O9S2. The Morgan fingerprint density at radius 3 is 2.25 bits per heavy atom. The van der Waals surface area contributed by atoms with Gasteiger partial charge in [0.25, 0.3) is 0 Å². The molecule has 18 heteroatoms. The van der Waals surface area contributed by atoms with Crippen molar-refractivity contribution in [3.63, 3.8) is 0 Å². The molecule has 2 aliphatic carbocycles. The molecule has 0 radical (unpaired) electrons. The van der Waals surface area contributed by atoms with Crippen molar-refractivity contribution in [2.75, 3.05) is 18.5 Å². The van der Waals surface area contributed by atoms with Gasteiger partial charge in [0.15, 0.2) is 0 Å².